The summed E-state index contributed by atoms with van der Waals surface area (Å²) < 4.78 is 44.8. The highest BCUT2D eigenvalue weighted by molar-refractivity contribution is 6.04. The summed E-state index contributed by atoms with van der Waals surface area (Å²) in [5.41, 5.74) is 2.88. The fourth-order valence-electron chi connectivity index (χ4n) is 5.30. The molecule has 0 bridgehead atoms. The van der Waals surface area contributed by atoms with E-state index in [0.717, 1.165) is 40.3 Å². The van der Waals surface area contributed by atoms with Crippen LogP contribution in [0.3, 0.4) is 0 Å². The molecule has 3 aromatic rings. The van der Waals surface area contributed by atoms with E-state index >= 15 is 0 Å². The van der Waals surface area contributed by atoms with Gasteiger partial charge >= 0.3 is 6.18 Å². The number of nitrogens with zero attached hydrogens (tertiary/aromatic N) is 3. The Morgan fingerprint density at radius 1 is 1.16 bits per heavy atom. The van der Waals surface area contributed by atoms with Crippen LogP contribution in [0.15, 0.2) is 48.8 Å². The number of amides is 1. The molecule has 10 heteroatoms. The lowest BCUT2D eigenvalue weighted by Crippen LogP contribution is -2.58. The third-order valence-corrected chi connectivity index (χ3v) is 7.33. The highest BCUT2D eigenvalue weighted by atomic mass is 19.4. The van der Waals surface area contributed by atoms with Crippen LogP contribution in [0.4, 0.5) is 24.5 Å². The fraction of sp³-hybridized carbons (Fsp3) is 0.393. The van der Waals surface area contributed by atoms with Crippen LogP contribution in [0, 0.1) is 12.8 Å². The summed E-state index contributed by atoms with van der Waals surface area (Å²) in [6, 6.07) is 9.43. The molecule has 2 aliphatic heterocycles. The molecule has 2 atom stereocenters. The Labute approximate surface area is 218 Å². The van der Waals surface area contributed by atoms with E-state index in [2.05, 4.69) is 21.3 Å². The van der Waals surface area contributed by atoms with Crippen LogP contribution in [-0.2, 0) is 17.3 Å². The maximum Gasteiger partial charge on any atom is 0.433 e. The number of hydrogen-bond acceptors (Lipinski definition) is 6. The molecule has 5 rings (SSSR count). The molecular formula is C28H29F3N4O3. The smallest absolute Gasteiger partial charge is 0.390 e. The van der Waals surface area contributed by atoms with Gasteiger partial charge in [0.25, 0.3) is 5.91 Å². The Hall–Kier alpha value is -3.50. The molecule has 2 aromatic heterocycles. The number of carbonyl (C=O) groups is 1. The van der Waals surface area contributed by atoms with E-state index in [-0.39, 0.29) is 17.5 Å². The van der Waals surface area contributed by atoms with Gasteiger partial charge in [-0.2, -0.15) is 13.2 Å². The predicted molar refractivity (Wildman–Crippen MR) is 137 cm³/mol. The van der Waals surface area contributed by atoms with E-state index in [0.29, 0.717) is 31.9 Å². The number of carbonyl (C=O) groups excluding carboxylic acids is 1. The molecule has 7 nitrogen and oxygen atoms in total. The number of fused-ring (bicyclic) bond motifs is 3. The third kappa shape index (κ3) is 5.10. The van der Waals surface area contributed by atoms with E-state index in [1.165, 1.54) is 6.07 Å². The van der Waals surface area contributed by atoms with E-state index in [4.69, 9.17) is 9.72 Å². The molecule has 1 fully saturated rings. The molecule has 0 spiro atoms. The van der Waals surface area contributed by atoms with Crippen molar-refractivity contribution >= 4 is 17.3 Å². The molecule has 200 valence electrons. The zero-order chi connectivity index (χ0) is 27.2. The number of aromatic nitrogens is 2. The summed E-state index contributed by atoms with van der Waals surface area (Å²) in [6.45, 7) is 7.40. The molecule has 1 unspecified atom stereocenters. The van der Waals surface area contributed by atoms with Gasteiger partial charge in [-0.1, -0.05) is 6.07 Å². The number of benzene rings is 1. The largest absolute Gasteiger partial charge is 0.433 e. The lowest BCUT2D eigenvalue weighted by molar-refractivity contribution is -0.141. The van der Waals surface area contributed by atoms with Gasteiger partial charge in [0.15, 0.2) is 0 Å². The number of ether oxygens (including phenoxy) is 1. The minimum Gasteiger partial charge on any atom is -0.390 e. The third-order valence-electron chi connectivity index (χ3n) is 7.33. The molecule has 2 N–H and O–H groups in total. The normalized spacial score (nSPS) is 19.5. The number of nitrogens with one attached hydrogen (secondary N) is 1. The van der Waals surface area contributed by atoms with Crippen molar-refractivity contribution in [1.82, 2.24) is 9.97 Å². The first-order chi connectivity index (χ1) is 17.9. The Bertz CT molecular complexity index is 1370. The van der Waals surface area contributed by atoms with Gasteiger partial charge < -0.3 is 20.1 Å². The second-order valence-electron chi connectivity index (χ2n) is 10.4. The molecule has 38 heavy (non-hydrogen) atoms. The van der Waals surface area contributed by atoms with Gasteiger partial charge in [0.2, 0.25) is 0 Å². The zero-order valence-electron chi connectivity index (χ0n) is 21.3. The average molecular weight is 527 g/mol. The monoisotopic (exact) mass is 526 g/mol. The van der Waals surface area contributed by atoms with Crippen molar-refractivity contribution in [2.45, 2.75) is 45.0 Å². The highest BCUT2D eigenvalue weighted by Crippen LogP contribution is 2.41. The van der Waals surface area contributed by atoms with E-state index in [1.54, 1.807) is 18.3 Å². The zero-order valence-corrected chi connectivity index (χ0v) is 21.3. The summed E-state index contributed by atoms with van der Waals surface area (Å²) in [5.74, 6) is -0.690. The summed E-state index contributed by atoms with van der Waals surface area (Å²) in [6.07, 6.45) is -1.25. The SMILES string of the molecule is Cc1ccc(NC(=O)c2ccnc(C(F)(F)F)c2)cc1-c1cnc2c(c1)N1CCOC[C@H]1C(C(C)(C)O)C2. The van der Waals surface area contributed by atoms with Gasteiger partial charge in [0, 0.05) is 41.7 Å². The maximum absolute atomic E-state index is 13.0. The number of aliphatic hydroxyl groups is 1. The number of pyridine rings is 2. The molecule has 0 aliphatic carbocycles. The van der Waals surface area contributed by atoms with Crippen LogP contribution >= 0.6 is 0 Å². The van der Waals surface area contributed by atoms with Gasteiger partial charge in [0.1, 0.15) is 5.69 Å². The van der Waals surface area contributed by atoms with Gasteiger partial charge in [-0.15, -0.1) is 0 Å². The molecule has 1 saturated heterocycles. The number of halogens is 3. The lowest BCUT2D eigenvalue weighted by Gasteiger charge is -2.49. The minimum absolute atomic E-state index is 0.0278. The van der Waals surface area contributed by atoms with Crippen LogP contribution in [-0.4, -0.2) is 52.4 Å². The van der Waals surface area contributed by atoms with Crippen LogP contribution in [0.25, 0.3) is 11.1 Å². The molecule has 2 aliphatic rings. The first-order valence-electron chi connectivity index (χ1n) is 12.4. The average Bonchev–Trinajstić information content (AvgIpc) is 2.88. The van der Waals surface area contributed by atoms with Crippen molar-refractivity contribution in [2.24, 2.45) is 5.92 Å². The maximum atomic E-state index is 13.0. The molecule has 0 radical (unpaired) electrons. The second kappa shape index (κ2) is 9.67. The van der Waals surface area contributed by atoms with Gasteiger partial charge in [-0.3, -0.25) is 14.8 Å². The second-order valence-corrected chi connectivity index (χ2v) is 10.4. The van der Waals surface area contributed by atoms with Crippen molar-refractivity contribution in [3.8, 4) is 11.1 Å². The summed E-state index contributed by atoms with van der Waals surface area (Å²) in [7, 11) is 0. The Balaban J connectivity index is 1.44. The molecular weight excluding hydrogens is 497 g/mol. The topological polar surface area (TPSA) is 87.6 Å². The van der Waals surface area contributed by atoms with Crippen LogP contribution in [0.5, 0.6) is 0 Å². The molecule has 4 heterocycles. The summed E-state index contributed by atoms with van der Waals surface area (Å²) >= 11 is 0. The predicted octanol–water partition coefficient (Wildman–Crippen LogP) is 4.87. The van der Waals surface area contributed by atoms with Crippen molar-refractivity contribution in [3.05, 3.63) is 71.3 Å². The number of aryl methyl sites for hydroxylation is 1. The number of rotatable bonds is 4. The quantitative estimate of drug-likeness (QED) is 0.505. The van der Waals surface area contributed by atoms with Crippen molar-refractivity contribution in [3.63, 3.8) is 0 Å². The van der Waals surface area contributed by atoms with Gasteiger partial charge in [-0.25, -0.2) is 0 Å². The van der Waals surface area contributed by atoms with Crippen molar-refractivity contribution in [1.29, 1.82) is 0 Å². The summed E-state index contributed by atoms with van der Waals surface area (Å²) in [4.78, 5) is 23.1. The van der Waals surface area contributed by atoms with Gasteiger partial charge in [-0.05, 0) is 68.7 Å². The molecule has 1 amide bonds. The summed E-state index contributed by atoms with van der Waals surface area (Å²) in [5, 5.41) is 13.5. The van der Waals surface area contributed by atoms with Crippen LogP contribution in [0.1, 0.15) is 41.2 Å². The van der Waals surface area contributed by atoms with Crippen LogP contribution in [0.2, 0.25) is 0 Å². The minimum atomic E-state index is -4.64. The number of morpholine rings is 1. The van der Waals surface area contributed by atoms with E-state index < -0.39 is 23.4 Å². The molecule has 0 saturated carbocycles. The Kier molecular flexibility index (Phi) is 6.65. The molecule has 1 aromatic carbocycles. The lowest BCUT2D eigenvalue weighted by atomic mass is 9.77. The highest BCUT2D eigenvalue weighted by Gasteiger charge is 2.43. The van der Waals surface area contributed by atoms with Crippen LogP contribution < -0.4 is 10.2 Å². The van der Waals surface area contributed by atoms with Gasteiger partial charge in [0.05, 0.1) is 36.2 Å². The number of anilines is 2. The number of alkyl halides is 3. The van der Waals surface area contributed by atoms with E-state index in [1.807, 2.05) is 26.8 Å². The first kappa shape index (κ1) is 26.1. The van der Waals surface area contributed by atoms with E-state index in [9.17, 15) is 23.1 Å². The standard InChI is InChI=1S/C28H29F3N4O3/c1-16-4-5-19(34-26(36)17-6-7-32-25(11-17)28(29,30)31)12-20(16)18-10-23-22(33-14-18)13-21(27(2,3)37)24-15-38-9-8-35(23)24/h4-7,10-12,14,21,24,37H,8-9,13,15H2,1-3H3,(H,34,36)/t21?,24-/m0/s1. The fourth-order valence-corrected chi connectivity index (χ4v) is 5.30. The Morgan fingerprint density at radius 2 is 1.95 bits per heavy atom. The number of hydrogen-bond donors (Lipinski definition) is 2. The van der Waals surface area contributed by atoms with Crippen molar-refractivity contribution in [2.75, 3.05) is 30.0 Å². The Morgan fingerprint density at radius 3 is 2.68 bits per heavy atom. The van der Waals surface area contributed by atoms with Crippen molar-refractivity contribution < 1.29 is 27.8 Å². The first-order valence-corrected chi connectivity index (χ1v) is 12.4.